The van der Waals surface area contributed by atoms with Gasteiger partial charge < -0.3 is 5.21 Å². The molecule has 2 aliphatic rings. The molecule has 0 fully saturated rings. The van der Waals surface area contributed by atoms with E-state index in [0.29, 0.717) is 0 Å². The number of anilines is 1. The van der Waals surface area contributed by atoms with Gasteiger partial charge in [0.25, 0.3) is 0 Å². The van der Waals surface area contributed by atoms with E-state index in [1.807, 2.05) is 56.3 Å². The Bertz CT molecular complexity index is 795. The smallest absolute Gasteiger partial charge is 0.221 e. The SMILES string of the molecule is CC1=NN(c2ccccc2)[C@@H]2c3ccccc3[N+]([O-])=C(C)[C@H]12. The molecule has 2 atom stereocenters. The molecule has 2 heterocycles. The first-order chi connectivity index (χ1) is 10.7. The highest BCUT2D eigenvalue weighted by atomic mass is 16.5. The second kappa shape index (κ2) is 4.70. The molecule has 4 nitrogen and oxygen atoms in total. The predicted octanol–water partition coefficient (Wildman–Crippen LogP) is 3.86. The fourth-order valence-electron chi connectivity index (χ4n) is 3.54. The summed E-state index contributed by atoms with van der Waals surface area (Å²) >= 11 is 0. The van der Waals surface area contributed by atoms with Crippen LogP contribution in [-0.2, 0) is 0 Å². The highest BCUT2D eigenvalue weighted by Gasteiger charge is 2.47. The first kappa shape index (κ1) is 13.1. The first-order valence-corrected chi connectivity index (χ1v) is 7.47. The fourth-order valence-corrected chi connectivity index (χ4v) is 3.54. The van der Waals surface area contributed by atoms with Crippen LogP contribution in [0.25, 0.3) is 0 Å². The van der Waals surface area contributed by atoms with Crippen LogP contribution in [0.5, 0.6) is 0 Å². The molecule has 0 aromatic heterocycles. The van der Waals surface area contributed by atoms with Crippen LogP contribution < -0.4 is 5.01 Å². The van der Waals surface area contributed by atoms with Gasteiger partial charge in [0.15, 0.2) is 5.71 Å². The normalized spacial score (nSPS) is 23.2. The molecule has 22 heavy (non-hydrogen) atoms. The minimum Gasteiger partial charge on any atom is -0.618 e. The summed E-state index contributed by atoms with van der Waals surface area (Å²) in [5.74, 6) is 0.0348. The second-order valence-corrected chi connectivity index (χ2v) is 5.84. The molecule has 0 spiro atoms. The van der Waals surface area contributed by atoms with E-state index >= 15 is 0 Å². The van der Waals surface area contributed by atoms with E-state index in [1.54, 1.807) is 0 Å². The topological polar surface area (TPSA) is 41.7 Å². The average molecular weight is 291 g/mol. The maximum Gasteiger partial charge on any atom is 0.221 e. The van der Waals surface area contributed by atoms with Crippen LogP contribution in [0.15, 0.2) is 59.7 Å². The Balaban J connectivity index is 1.92. The number of para-hydroxylation sites is 2. The molecule has 4 heteroatoms. The van der Waals surface area contributed by atoms with Crippen LogP contribution in [0.1, 0.15) is 25.5 Å². The number of hydrogen-bond donors (Lipinski definition) is 0. The summed E-state index contributed by atoms with van der Waals surface area (Å²) in [7, 11) is 0. The van der Waals surface area contributed by atoms with Crippen molar-refractivity contribution in [2.75, 3.05) is 5.01 Å². The first-order valence-electron chi connectivity index (χ1n) is 7.47. The predicted molar refractivity (Wildman–Crippen MR) is 88.7 cm³/mol. The lowest BCUT2D eigenvalue weighted by Crippen LogP contribution is -2.36. The van der Waals surface area contributed by atoms with Gasteiger partial charge in [0, 0.05) is 13.0 Å². The molecule has 0 N–H and O–H groups in total. The van der Waals surface area contributed by atoms with Crippen LogP contribution in [0.3, 0.4) is 0 Å². The molecule has 4 rings (SSSR count). The van der Waals surface area contributed by atoms with Crippen molar-refractivity contribution in [2.24, 2.45) is 11.0 Å². The lowest BCUT2D eigenvalue weighted by molar-refractivity contribution is -0.367. The summed E-state index contributed by atoms with van der Waals surface area (Å²) in [6.45, 7) is 3.92. The summed E-state index contributed by atoms with van der Waals surface area (Å²) in [5, 5.41) is 19.4. The van der Waals surface area contributed by atoms with Gasteiger partial charge in [0.05, 0.1) is 17.0 Å². The second-order valence-electron chi connectivity index (χ2n) is 5.84. The number of rotatable bonds is 1. The standard InChI is InChI=1S/C18H17N3O/c1-12-17-13(2)21(22)16-11-7-6-10-15(16)18(17)20(19-12)14-8-4-3-5-9-14/h3-11,17-18H,1-2H3/t17-,18+/m0/s1. The Labute approximate surface area is 129 Å². The van der Waals surface area contributed by atoms with Gasteiger partial charge in [0.1, 0.15) is 12.0 Å². The Kier molecular flexibility index (Phi) is 2.79. The highest BCUT2D eigenvalue weighted by molar-refractivity contribution is 6.08. The summed E-state index contributed by atoms with van der Waals surface area (Å²) < 4.78 is 1.06. The van der Waals surface area contributed by atoms with E-state index in [2.05, 4.69) is 17.1 Å². The molecule has 0 radical (unpaired) electrons. The Morgan fingerprint density at radius 1 is 1.00 bits per heavy atom. The summed E-state index contributed by atoms with van der Waals surface area (Å²) in [6, 6.07) is 18.0. The average Bonchev–Trinajstić information content (AvgIpc) is 2.91. The van der Waals surface area contributed by atoms with E-state index in [4.69, 9.17) is 5.10 Å². The third-order valence-electron chi connectivity index (χ3n) is 4.56. The Morgan fingerprint density at radius 2 is 1.68 bits per heavy atom. The number of hydrogen-bond acceptors (Lipinski definition) is 3. The Hall–Kier alpha value is -2.62. The van der Waals surface area contributed by atoms with E-state index < -0.39 is 0 Å². The van der Waals surface area contributed by atoms with Gasteiger partial charge >= 0.3 is 0 Å². The van der Waals surface area contributed by atoms with E-state index in [9.17, 15) is 5.21 Å². The van der Waals surface area contributed by atoms with Crippen molar-refractivity contribution in [3.63, 3.8) is 0 Å². The van der Waals surface area contributed by atoms with Gasteiger partial charge in [-0.25, -0.2) is 0 Å². The Morgan fingerprint density at radius 3 is 2.45 bits per heavy atom. The summed E-state index contributed by atoms with van der Waals surface area (Å²) in [6.07, 6.45) is 0. The molecule has 0 aliphatic carbocycles. The van der Waals surface area contributed by atoms with Crippen LogP contribution in [0, 0.1) is 11.1 Å². The zero-order valence-corrected chi connectivity index (χ0v) is 12.6. The third-order valence-corrected chi connectivity index (χ3v) is 4.56. The number of hydrazone groups is 1. The van der Waals surface area contributed by atoms with Crippen molar-refractivity contribution >= 4 is 22.8 Å². The zero-order chi connectivity index (χ0) is 15.3. The molecule has 0 saturated carbocycles. The van der Waals surface area contributed by atoms with Crippen molar-refractivity contribution in [3.8, 4) is 0 Å². The molecule has 0 saturated heterocycles. The maximum absolute atomic E-state index is 12.6. The van der Waals surface area contributed by atoms with Crippen molar-refractivity contribution in [1.29, 1.82) is 0 Å². The quantitative estimate of drug-likeness (QED) is 0.591. The minimum atomic E-state index is 0.0348. The summed E-state index contributed by atoms with van der Waals surface area (Å²) in [4.78, 5) is 0. The lowest BCUT2D eigenvalue weighted by atomic mass is 9.83. The van der Waals surface area contributed by atoms with Gasteiger partial charge in [-0.05, 0) is 19.1 Å². The molecule has 0 bridgehead atoms. The third kappa shape index (κ3) is 1.70. The maximum atomic E-state index is 12.6. The number of benzene rings is 2. The van der Waals surface area contributed by atoms with Crippen molar-refractivity contribution < 1.29 is 4.74 Å². The fraction of sp³-hybridized carbons (Fsp3) is 0.222. The largest absolute Gasteiger partial charge is 0.618 e. The van der Waals surface area contributed by atoms with Gasteiger partial charge in [-0.15, -0.1) is 0 Å². The molecule has 2 aromatic rings. The molecular weight excluding hydrogens is 274 g/mol. The van der Waals surface area contributed by atoms with Crippen molar-refractivity contribution in [3.05, 3.63) is 65.4 Å². The van der Waals surface area contributed by atoms with E-state index in [-0.39, 0.29) is 12.0 Å². The van der Waals surface area contributed by atoms with Crippen molar-refractivity contribution in [2.45, 2.75) is 19.9 Å². The molecular formula is C18H17N3O. The summed E-state index contributed by atoms with van der Waals surface area (Å²) in [5.41, 5.74) is 4.62. The number of nitrogens with zero attached hydrogens (tertiary/aromatic N) is 3. The van der Waals surface area contributed by atoms with Crippen molar-refractivity contribution in [1.82, 2.24) is 0 Å². The molecule has 110 valence electrons. The van der Waals surface area contributed by atoms with Crippen LogP contribution >= 0.6 is 0 Å². The highest BCUT2D eigenvalue weighted by Crippen LogP contribution is 2.45. The lowest BCUT2D eigenvalue weighted by Gasteiger charge is -2.31. The molecule has 2 aliphatic heterocycles. The monoisotopic (exact) mass is 291 g/mol. The van der Waals surface area contributed by atoms with Crippen LogP contribution in [0.4, 0.5) is 11.4 Å². The van der Waals surface area contributed by atoms with Gasteiger partial charge in [-0.2, -0.15) is 9.84 Å². The van der Waals surface area contributed by atoms with Gasteiger partial charge in [-0.1, -0.05) is 36.4 Å². The van der Waals surface area contributed by atoms with Gasteiger partial charge in [0.2, 0.25) is 5.69 Å². The van der Waals surface area contributed by atoms with Crippen LogP contribution in [0.2, 0.25) is 0 Å². The minimum absolute atomic E-state index is 0.0348. The number of fused-ring (bicyclic) bond motifs is 3. The van der Waals surface area contributed by atoms with E-state index in [1.165, 1.54) is 0 Å². The molecule has 0 amide bonds. The molecule has 0 unspecified atom stereocenters. The van der Waals surface area contributed by atoms with Crippen LogP contribution in [-0.4, -0.2) is 16.2 Å². The molecule has 2 aromatic carbocycles. The van der Waals surface area contributed by atoms with Gasteiger partial charge in [-0.3, -0.25) is 5.01 Å². The zero-order valence-electron chi connectivity index (χ0n) is 12.6. The van der Waals surface area contributed by atoms with E-state index in [0.717, 1.165) is 33.1 Å².